The van der Waals surface area contributed by atoms with Crippen LogP contribution in [-0.4, -0.2) is 35.5 Å². The maximum absolute atomic E-state index is 11.7. The highest BCUT2D eigenvalue weighted by Gasteiger charge is 2.27. The highest BCUT2D eigenvalue weighted by Crippen LogP contribution is 2.36. The van der Waals surface area contributed by atoms with Crippen molar-refractivity contribution in [1.29, 1.82) is 5.41 Å². The quantitative estimate of drug-likeness (QED) is 0.734. The van der Waals surface area contributed by atoms with Crippen LogP contribution in [0.2, 0.25) is 0 Å². The molecule has 106 valence electrons. The average Bonchev–Trinajstić information content (AvgIpc) is 2.62. The van der Waals surface area contributed by atoms with E-state index in [-0.39, 0.29) is 17.6 Å². The maximum Gasteiger partial charge on any atom is 0.274 e. The van der Waals surface area contributed by atoms with Crippen molar-refractivity contribution < 1.29 is 14.6 Å². The number of amides is 1. The Hall–Kier alpha value is -2.02. The van der Waals surface area contributed by atoms with Gasteiger partial charge in [-0.1, -0.05) is 0 Å². The van der Waals surface area contributed by atoms with Crippen LogP contribution in [0.3, 0.4) is 0 Å². The summed E-state index contributed by atoms with van der Waals surface area (Å²) in [5, 5.41) is 19.8. The van der Waals surface area contributed by atoms with E-state index >= 15 is 0 Å². The molecule has 1 aliphatic rings. The molecule has 0 aliphatic carbocycles. The topological polar surface area (TPSA) is 85.7 Å². The number of hydrogen-bond acceptors (Lipinski definition) is 4. The van der Waals surface area contributed by atoms with E-state index in [1.807, 2.05) is 6.92 Å². The van der Waals surface area contributed by atoms with Gasteiger partial charge in [-0.3, -0.25) is 15.5 Å². The zero-order valence-electron chi connectivity index (χ0n) is 11.0. The first-order valence-corrected chi connectivity index (χ1v) is 6.74. The molecule has 0 unspecified atom stereocenters. The summed E-state index contributed by atoms with van der Waals surface area (Å²) >= 11 is 3.24. The van der Waals surface area contributed by atoms with Crippen LogP contribution >= 0.6 is 15.9 Å². The lowest BCUT2D eigenvalue weighted by atomic mass is 10.1. The molecule has 3 N–H and O–H groups in total. The lowest BCUT2D eigenvalue weighted by Gasteiger charge is -2.11. The minimum atomic E-state index is -0.334. The molecule has 1 aromatic rings. The number of benzene rings is 1. The summed E-state index contributed by atoms with van der Waals surface area (Å²) in [6.07, 6.45) is 1.63. The van der Waals surface area contributed by atoms with Gasteiger partial charge >= 0.3 is 0 Å². The fraction of sp³-hybridized carbons (Fsp3) is 0.231. The predicted octanol–water partition coefficient (Wildman–Crippen LogP) is 1.89. The number of hydrogen-bond donors (Lipinski definition) is 3. The molecule has 1 amide bonds. The Balaban J connectivity index is 2.43. The number of phenolic OH excluding ortho intramolecular Hbond substituents is 1. The number of halogens is 1. The second-order valence-corrected chi connectivity index (χ2v) is 5.03. The number of carbonyl (C=O) groups is 1. The van der Waals surface area contributed by atoms with E-state index in [1.165, 1.54) is 4.90 Å². The van der Waals surface area contributed by atoms with Gasteiger partial charge in [-0.15, -0.1) is 0 Å². The molecule has 1 aromatic carbocycles. The molecule has 0 radical (unpaired) electrons. The Labute approximate surface area is 124 Å². The van der Waals surface area contributed by atoms with Crippen molar-refractivity contribution in [2.75, 3.05) is 13.7 Å². The van der Waals surface area contributed by atoms with Crippen molar-refractivity contribution in [2.45, 2.75) is 6.92 Å². The van der Waals surface area contributed by atoms with Crippen molar-refractivity contribution in [2.24, 2.45) is 0 Å². The molecule has 0 bridgehead atoms. The number of ether oxygens (including phenoxy) is 1. The number of aromatic hydroxyl groups is 1. The van der Waals surface area contributed by atoms with E-state index in [4.69, 9.17) is 10.1 Å². The van der Waals surface area contributed by atoms with Gasteiger partial charge in [-0.2, -0.15) is 0 Å². The van der Waals surface area contributed by atoms with E-state index in [2.05, 4.69) is 21.2 Å². The van der Waals surface area contributed by atoms with Gasteiger partial charge in [0.2, 0.25) is 5.96 Å². The number of carbonyl (C=O) groups excluding carboxylic acids is 1. The van der Waals surface area contributed by atoms with Crippen LogP contribution in [0.4, 0.5) is 0 Å². The molecule has 0 atom stereocenters. The first kappa shape index (κ1) is 14.4. The SMILES string of the molecule is CCOc1cc(/C=C2/C(=O)NC(=N)N2C)cc(Br)c1O. The lowest BCUT2D eigenvalue weighted by molar-refractivity contribution is -0.115. The van der Waals surface area contributed by atoms with Gasteiger partial charge in [0.15, 0.2) is 11.5 Å². The van der Waals surface area contributed by atoms with Crippen LogP contribution in [0.15, 0.2) is 22.3 Å². The van der Waals surface area contributed by atoms with Crippen LogP contribution in [0.5, 0.6) is 11.5 Å². The number of likely N-dealkylation sites (N-methyl/N-ethyl adjacent to an activating group) is 1. The van der Waals surface area contributed by atoms with Crippen molar-refractivity contribution in [1.82, 2.24) is 10.2 Å². The third kappa shape index (κ3) is 2.62. The summed E-state index contributed by atoms with van der Waals surface area (Å²) < 4.78 is 5.81. The number of phenols is 1. The molecule has 0 aromatic heterocycles. The highest BCUT2D eigenvalue weighted by molar-refractivity contribution is 9.10. The van der Waals surface area contributed by atoms with Gasteiger partial charge in [0.25, 0.3) is 5.91 Å². The van der Waals surface area contributed by atoms with Gasteiger partial charge in [0.05, 0.1) is 11.1 Å². The smallest absolute Gasteiger partial charge is 0.274 e. The summed E-state index contributed by atoms with van der Waals surface area (Å²) in [5.41, 5.74) is 1.04. The van der Waals surface area contributed by atoms with Gasteiger partial charge in [0.1, 0.15) is 5.70 Å². The van der Waals surface area contributed by atoms with E-state index in [0.717, 1.165) is 0 Å². The van der Waals surface area contributed by atoms with E-state index in [9.17, 15) is 9.90 Å². The molecule has 1 aliphatic heterocycles. The Kier molecular flexibility index (Phi) is 3.99. The zero-order valence-corrected chi connectivity index (χ0v) is 12.6. The zero-order chi connectivity index (χ0) is 14.9. The van der Waals surface area contributed by atoms with Crippen LogP contribution in [-0.2, 0) is 4.79 Å². The normalized spacial score (nSPS) is 16.8. The summed E-state index contributed by atoms with van der Waals surface area (Å²) in [4.78, 5) is 13.2. The maximum atomic E-state index is 11.7. The van der Waals surface area contributed by atoms with E-state index in [0.29, 0.717) is 28.1 Å². The van der Waals surface area contributed by atoms with Crippen LogP contribution < -0.4 is 10.1 Å². The summed E-state index contributed by atoms with van der Waals surface area (Å²) in [6.45, 7) is 2.24. The van der Waals surface area contributed by atoms with Crippen LogP contribution in [0, 0.1) is 5.41 Å². The molecule has 6 nitrogen and oxygen atoms in total. The van der Waals surface area contributed by atoms with Gasteiger partial charge < -0.3 is 14.7 Å². The van der Waals surface area contributed by atoms with Crippen molar-refractivity contribution >= 4 is 33.9 Å². The minimum absolute atomic E-state index is 0.0194. The number of guanidine groups is 1. The first-order valence-electron chi connectivity index (χ1n) is 5.94. The fourth-order valence-corrected chi connectivity index (χ4v) is 2.25. The number of rotatable bonds is 3. The molecule has 2 rings (SSSR count). The molecule has 1 heterocycles. The second-order valence-electron chi connectivity index (χ2n) is 4.17. The summed E-state index contributed by atoms with van der Waals surface area (Å²) in [5.74, 6) is 0.0552. The Morgan fingerprint density at radius 2 is 2.25 bits per heavy atom. The minimum Gasteiger partial charge on any atom is -0.503 e. The number of nitrogens with zero attached hydrogens (tertiary/aromatic N) is 1. The largest absolute Gasteiger partial charge is 0.503 e. The van der Waals surface area contributed by atoms with Gasteiger partial charge in [-0.05, 0) is 46.6 Å². The summed E-state index contributed by atoms with van der Waals surface area (Å²) in [7, 11) is 1.63. The average molecular weight is 340 g/mol. The Morgan fingerprint density at radius 3 is 2.80 bits per heavy atom. The highest BCUT2D eigenvalue weighted by atomic mass is 79.9. The molecule has 0 saturated carbocycles. The molecule has 20 heavy (non-hydrogen) atoms. The lowest BCUT2D eigenvalue weighted by Crippen LogP contribution is -2.25. The molecule has 1 fully saturated rings. The predicted molar refractivity (Wildman–Crippen MR) is 78.6 cm³/mol. The summed E-state index contributed by atoms with van der Waals surface area (Å²) in [6, 6.07) is 3.31. The molecular formula is C13H14BrN3O3. The molecule has 0 spiro atoms. The monoisotopic (exact) mass is 339 g/mol. The van der Waals surface area contributed by atoms with E-state index in [1.54, 1.807) is 25.3 Å². The molecular weight excluding hydrogens is 326 g/mol. The first-order chi connectivity index (χ1) is 9.43. The van der Waals surface area contributed by atoms with Crippen molar-refractivity contribution in [3.63, 3.8) is 0 Å². The van der Waals surface area contributed by atoms with Crippen molar-refractivity contribution in [3.8, 4) is 11.5 Å². The third-order valence-electron chi connectivity index (χ3n) is 2.82. The van der Waals surface area contributed by atoms with Crippen LogP contribution in [0.25, 0.3) is 6.08 Å². The molecule has 1 saturated heterocycles. The third-order valence-corrected chi connectivity index (χ3v) is 3.42. The molecule has 7 heteroatoms. The van der Waals surface area contributed by atoms with E-state index < -0.39 is 0 Å². The fourth-order valence-electron chi connectivity index (χ4n) is 1.79. The second kappa shape index (κ2) is 5.54. The number of nitrogens with one attached hydrogen (secondary N) is 2. The Bertz CT molecular complexity index is 613. The van der Waals surface area contributed by atoms with Crippen molar-refractivity contribution in [3.05, 3.63) is 27.9 Å². The van der Waals surface area contributed by atoms with Crippen LogP contribution in [0.1, 0.15) is 12.5 Å². The standard InChI is InChI=1S/C13H14BrN3O3/c1-3-20-10-6-7(4-8(14)11(10)18)5-9-12(19)16-13(15)17(9)2/h4-6,18H,3H2,1-2H3,(H2,15,16,19)/b9-5-. The van der Waals surface area contributed by atoms with Gasteiger partial charge in [-0.25, -0.2) is 0 Å². The van der Waals surface area contributed by atoms with Gasteiger partial charge in [0, 0.05) is 7.05 Å². The Morgan fingerprint density at radius 1 is 1.55 bits per heavy atom.